The maximum Gasteiger partial charge on any atom is 0.0725 e. The molecule has 1 fully saturated rings. The van der Waals surface area contributed by atoms with Gasteiger partial charge < -0.3 is 9.64 Å². The lowest BCUT2D eigenvalue weighted by atomic mass is 9.89. The van der Waals surface area contributed by atoms with Gasteiger partial charge in [0.05, 0.1) is 23.9 Å². The molecule has 0 spiro atoms. The summed E-state index contributed by atoms with van der Waals surface area (Å²) in [6.07, 6.45) is 0. The zero-order valence-corrected chi connectivity index (χ0v) is 7.97. The topological polar surface area (TPSA) is 12.5 Å². The molecule has 0 aromatic heterocycles. The van der Waals surface area contributed by atoms with Crippen LogP contribution in [0.25, 0.3) is 11.1 Å². The molecule has 1 aliphatic heterocycles. The molecule has 0 amide bonds. The number of ether oxygens (including phenoxy) is 1. The highest BCUT2D eigenvalue weighted by atomic mass is 35.5. The van der Waals surface area contributed by atoms with Crippen LogP contribution in [0.15, 0.2) is 12.1 Å². The first kappa shape index (κ1) is 7.65. The molecule has 3 heteroatoms. The first-order chi connectivity index (χ1) is 6.38. The zero-order valence-electron chi connectivity index (χ0n) is 7.22. The smallest absolute Gasteiger partial charge is 0.0725 e. The SMILES string of the molecule is Clc1c2ccc-2c1N1CCOCC1. The van der Waals surface area contributed by atoms with Gasteiger partial charge in [0.15, 0.2) is 0 Å². The van der Waals surface area contributed by atoms with Crippen LogP contribution in [0.4, 0.5) is 5.69 Å². The van der Waals surface area contributed by atoms with E-state index in [1.54, 1.807) is 0 Å². The van der Waals surface area contributed by atoms with Gasteiger partial charge in [0.25, 0.3) is 0 Å². The summed E-state index contributed by atoms with van der Waals surface area (Å²) < 4.78 is 5.29. The Bertz CT molecular complexity index is 358. The molecule has 0 aromatic rings. The Hall–Kier alpha value is -0.730. The lowest BCUT2D eigenvalue weighted by molar-refractivity contribution is 0.122. The van der Waals surface area contributed by atoms with E-state index in [-0.39, 0.29) is 0 Å². The van der Waals surface area contributed by atoms with Gasteiger partial charge in [0.2, 0.25) is 0 Å². The third-order valence-electron chi connectivity index (χ3n) is 2.73. The van der Waals surface area contributed by atoms with Crippen LogP contribution in [0.5, 0.6) is 0 Å². The molecule has 0 radical (unpaired) electrons. The van der Waals surface area contributed by atoms with E-state index >= 15 is 0 Å². The van der Waals surface area contributed by atoms with Gasteiger partial charge in [-0.25, -0.2) is 0 Å². The summed E-state index contributed by atoms with van der Waals surface area (Å²) in [5.74, 6) is 0. The van der Waals surface area contributed by atoms with Gasteiger partial charge in [-0.05, 0) is 0 Å². The van der Waals surface area contributed by atoms with Gasteiger partial charge in [-0.1, -0.05) is 23.7 Å². The number of anilines is 1. The molecule has 0 aromatic carbocycles. The van der Waals surface area contributed by atoms with Gasteiger partial charge in [0, 0.05) is 24.2 Å². The van der Waals surface area contributed by atoms with Crippen LogP contribution in [-0.2, 0) is 4.74 Å². The fraction of sp³-hybridized carbons (Fsp3) is 0.400. The predicted octanol–water partition coefficient (Wildman–Crippen LogP) is 2.16. The normalized spacial score (nSPS) is 19.0. The average Bonchev–Trinajstić information content (AvgIpc) is 2.13. The molecule has 3 aliphatic rings. The van der Waals surface area contributed by atoms with Crippen molar-refractivity contribution in [3.63, 3.8) is 0 Å². The Balaban J connectivity index is 1.90. The molecule has 2 nitrogen and oxygen atoms in total. The molecule has 68 valence electrons. The van der Waals surface area contributed by atoms with Crippen molar-refractivity contribution in [2.45, 2.75) is 0 Å². The number of fused-ring (bicyclic) bond motifs is 1. The van der Waals surface area contributed by atoms with E-state index in [2.05, 4.69) is 17.0 Å². The maximum absolute atomic E-state index is 6.13. The first-order valence-corrected chi connectivity index (χ1v) is 4.91. The number of halogens is 1. The van der Waals surface area contributed by atoms with E-state index in [0.29, 0.717) is 0 Å². The Morgan fingerprint density at radius 2 is 1.85 bits per heavy atom. The molecular weight excluding hydrogens is 186 g/mol. The number of nitrogens with zero attached hydrogens (tertiary/aromatic N) is 1. The van der Waals surface area contributed by atoms with Crippen molar-refractivity contribution >= 4 is 17.3 Å². The summed E-state index contributed by atoms with van der Waals surface area (Å²) in [6, 6.07) is 4.20. The summed E-state index contributed by atoms with van der Waals surface area (Å²) in [5, 5.41) is 0.944. The minimum atomic E-state index is 0.819. The molecule has 1 saturated heterocycles. The van der Waals surface area contributed by atoms with Gasteiger partial charge in [0.1, 0.15) is 0 Å². The van der Waals surface area contributed by atoms with Gasteiger partial charge in [-0.2, -0.15) is 0 Å². The van der Waals surface area contributed by atoms with Crippen LogP contribution in [0.3, 0.4) is 0 Å². The van der Waals surface area contributed by atoms with Crippen LogP contribution in [0, 0.1) is 0 Å². The molecule has 0 saturated carbocycles. The molecule has 0 atom stereocenters. The predicted molar refractivity (Wildman–Crippen MR) is 53.5 cm³/mol. The Labute approximate surface area is 82.1 Å². The average molecular weight is 196 g/mol. The second-order valence-electron chi connectivity index (χ2n) is 3.42. The molecule has 2 aliphatic carbocycles. The second kappa shape index (κ2) is 2.63. The highest BCUT2D eigenvalue weighted by molar-refractivity contribution is 6.40. The fourth-order valence-corrected chi connectivity index (χ4v) is 2.31. The van der Waals surface area contributed by atoms with E-state index in [9.17, 15) is 0 Å². The third-order valence-corrected chi connectivity index (χ3v) is 3.12. The second-order valence-corrected chi connectivity index (χ2v) is 3.80. The van der Waals surface area contributed by atoms with E-state index in [0.717, 1.165) is 31.3 Å². The summed E-state index contributed by atoms with van der Waals surface area (Å²) in [4.78, 5) is 2.31. The molecular formula is C10H10ClNO. The van der Waals surface area contributed by atoms with Crippen LogP contribution in [0.1, 0.15) is 0 Å². The molecule has 3 rings (SSSR count). The minimum Gasteiger partial charge on any atom is -0.378 e. The molecule has 13 heavy (non-hydrogen) atoms. The first-order valence-electron chi connectivity index (χ1n) is 4.53. The number of rotatable bonds is 1. The Morgan fingerprint density at radius 1 is 1.15 bits per heavy atom. The Morgan fingerprint density at radius 3 is 2.38 bits per heavy atom. The van der Waals surface area contributed by atoms with Crippen molar-refractivity contribution in [2.24, 2.45) is 0 Å². The lowest BCUT2D eigenvalue weighted by Gasteiger charge is -2.36. The summed E-state index contributed by atoms with van der Waals surface area (Å²) in [7, 11) is 0. The zero-order chi connectivity index (χ0) is 8.84. The number of hydrogen-bond acceptors (Lipinski definition) is 2. The summed E-state index contributed by atoms with van der Waals surface area (Å²) in [5.41, 5.74) is 3.82. The van der Waals surface area contributed by atoms with Crippen LogP contribution in [0.2, 0.25) is 5.02 Å². The van der Waals surface area contributed by atoms with Crippen molar-refractivity contribution in [2.75, 3.05) is 31.2 Å². The van der Waals surface area contributed by atoms with Crippen molar-refractivity contribution in [3.05, 3.63) is 17.2 Å². The number of morpholine rings is 1. The molecule has 0 unspecified atom stereocenters. The third kappa shape index (κ3) is 0.930. The maximum atomic E-state index is 6.13. The van der Waals surface area contributed by atoms with Crippen LogP contribution >= 0.6 is 11.6 Å². The molecule has 1 heterocycles. The van der Waals surface area contributed by atoms with E-state index in [1.807, 2.05) is 0 Å². The van der Waals surface area contributed by atoms with Crippen molar-refractivity contribution in [1.29, 1.82) is 0 Å². The van der Waals surface area contributed by atoms with Crippen LogP contribution < -0.4 is 4.90 Å². The van der Waals surface area contributed by atoms with Gasteiger partial charge in [-0.15, -0.1) is 0 Å². The van der Waals surface area contributed by atoms with Crippen LogP contribution in [-0.4, -0.2) is 26.3 Å². The van der Waals surface area contributed by atoms with Crippen molar-refractivity contribution in [1.82, 2.24) is 0 Å². The highest BCUT2D eigenvalue weighted by Crippen LogP contribution is 2.52. The Kier molecular flexibility index (Phi) is 1.55. The largest absolute Gasteiger partial charge is 0.378 e. The molecule has 0 bridgehead atoms. The highest BCUT2D eigenvalue weighted by Gasteiger charge is 2.29. The lowest BCUT2D eigenvalue weighted by Crippen LogP contribution is -2.37. The van der Waals surface area contributed by atoms with Gasteiger partial charge in [-0.3, -0.25) is 0 Å². The number of hydrogen-bond donors (Lipinski definition) is 0. The van der Waals surface area contributed by atoms with Crippen molar-refractivity contribution < 1.29 is 4.74 Å². The van der Waals surface area contributed by atoms with E-state index in [4.69, 9.17) is 16.3 Å². The minimum absolute atomic E-state index is 0.819. The number of benzene rings is 1. The monoisotopic (exact) mass is 195 g/mol. The standard InChI is InChI=1S/C10H10ClNO/c11-9-7-1-2-8(7)10(9)12-3-5-13-6-4-12/h1-2H,3-6H2. The summed E-state index contributed by atoms with van der Waals surface area (Å²) >= 11 is 6.13. The van der Waals surface area contributed by atoms with Gasteiger partial charge >= 0.3 is 0 Å². The van der Waals surface area contributed by atoms with E-state index in [1.165, 1.54) is 16.8 Å². The van der Waals surface area contributed by atoms with Crippen molar-refractivity contribution in [3.8, 4) is 11.1 Å². The van der Waals surface area contributed by atoms with E-state index < -0.39 is 0 Å². The molecule has 0 N–H and O–H groups in total. The fourth-order valence-electron chi connectivity index (χ4n) is 1.93. The quantitative estimate of drug-likeness (QED) is 0.692. The summed E-state index contributed by atoms with van der Waals surface area (Å²) in [6.45, 7) is 3.58.